The number of hydrogen-bond donors (Lipinski definition) is 0. The first-order valence-corrected chi connectivity index (χ1v) is 9.53. The number of nitrogens with zero attached hydrogens (tertiary/aromatic N) is 3. The third kappa shape index (κ3) is 3.38. The van der Waals surface area contributed by atoms with Gasteiger partial charge in [-0.05, 0) is 23.6 Å². The molecule has 1 aliphatic rings. The summed E-state index contributed by atoms with van der Waals surface area (Å²) in [5.41, 5.74) is 0. The third-order valence-corrected chi connectivity index (χ3v) is 5.89. The lowest BCUT2D eigenvalue weighted by Crippen LogP contribution is -2.46. The molecule has 3 aromatic rings. The first kappa shape index (κ1) is 16.2. The zero-order valence-electron chi connectivity index (χ0n) is 13.1. The summed E-state index contributed by atoms with van der Waals surface area (Å²) >= 11 is 14.0. The predicted molar refractivity (Wildman–Crippen MR) is 104 cm³/mol. The Labute approximate surface area is 155 Å². The number of pyridine rings is 1. The lowest BCUT2D eigenvalue weighted by Gasteiger charge is -2.35. The van der Waals surface area contributed by atoms with Crippen molar-refractivity contribution in [1.29, 1.82) is 0 Å². The number of piperazine rings is 1. The molecule has 0 saturated carbocycles. The quantitative estimate of drug-likeness (QED) is 0.603. The van der Waals surface area contributed by atoms with E-state index >= 15 is 0 Å². The molecule has 0 atom stereocenters. The molecule has 3 nitrogen and oxygen atoms in total. The lowest BCUT2D eigenvalue weighted by molar-refractivity contribution is 0.251. The normalized spacial score (nSPS) is 16.0. The van der Waals surface area contributed by atoms with Gasteiger partial charge in [0.15, 0.2) is 0 Å². The Morgan fingerprint density at radius 2 is 1.79 bits per heavy atom. The van der Waals surface area contributed by atoms with Gasteiger partial charge in [0.1, 0.15) is 11.0 Å². The highest BCUT2D eigenvalue weighted by atomic mass is 35.5. The maximum atomic E-state index is 6.36. The Morgan fingerprint density at radius 3 is 2.54 bits per heavy atom. The molecule has 4 rings (SSSR count). The van der Waals surface area contributed by atoms with E-state index in [2.05, 4.69) is 33.0 Å². The number of rotatable bonds is 3. The van der Waals surface area contributed by atoms with Crippen molar-refractivity contribution in [1.82, 2.24) is 9.88 Å². The van der Waals surface area contributed by atoms with Gasteiger partial charge in [0.2, 0.25) is 0 Å². The second kappa shape index (κ2) is 6.89. The first-order chi connectivity index (χ1) is 11.7. The summed E-state index contributed by atoms with van der Waals surface area (Å²) < 4.78 is 0.860. The van der Waals surface area contributed by atoms with Crippen LogP contribution >= 0.6 is 34.5 Å². The molecule has 124 valence electrons. The van der Waals surface area contributed by atoms with Crippen LogP contribution in [0.3, 0.4) is 0 Å². The molecule has 2 aromatic heterocycles. The van der Waals surface area contributed by atoms with Crippen molar-refractivity contribution >= 4 is 51.1 Å². The Bertz CT molecular complexity index is 856. The van der Waals surface area contributed by atoms with Crippen molar-refractivity contribution in [3.63, 3.8) is 0 Å². The Kier molecular flexibility index (Phi) is 4.63. The highest BCUT2D eigenvalue weighted by Gasteiger charge is 2.19. The highest BCUT2D eigenvalue weighted by molar-refractivity contribution is 7.16. The van der Waals surface area contributed by atoms with Crippen molar-refractivity contribution in [3.05, 3.63) is 56.8 Å². The lowest BCUT2D eigenvalue weighted by atomic mass is 10.1. The van der Waals surface area contributed by atoms with Gasteiger partial charge in [-0.2, -0.15) is 0 Å². The monoisotopic (exact) mass is 377 g/mol. The maximum Gasteiger partial charge on any atom is 0.139 e. The standard InChI is InChI=1S/C18H17Cl2N3S/c19-16-6-5-14(24-16)12-22-7-9-23(10-8-22)17-11-13-3-1-2-4-15(13)18(20)21-17/h1-6,11H,7-10,12H2. The van der Waals surface area contributed by atoms with Crippen molar-refractivity contribution in [2.45, 2.75) is 6.54 Å². The third-order valence-electron chi connectivity index (χ3n) is 4.38. The first-order valence-electron chi connectivity index (χ1n) is 7.96. The van der Waals surface area contributed by atoms with Gasteiger partial charge in [0, 0.05) is 43.0 Å². The van der Waals surface area contributed by atoms with Gasteiger partial charge in [-0.3, -0.25) is 4.90 Å². The van der Waals surface area contributed by atoms with Crippen LogP contribution in [-0.4, -0.2) is 36.1 Å². The largest absolute Gasteiger partial charge is 0.354 e. The number of benzene rings is 1. The SMILES string of the molecule is Clc1ccc(CN2CCN(c3cc4ccccc4c(Cl)n3)CC2)s1. The zero-order chi connectivity index (χ0) is 16.5. The Hall–Kier alpha value is -1.33. The summed E-state index contributed by atoms with van der Waals surface area (Å²) in [6.07, 6.45) is 0. The molecule has 0 radical (unpaired) electrons. The van der Waals surface area contributed by atoms with E-state index in [0.29, 0.717) is 5.15 Å². The summed E-state index contributed by atoms with van der Waals surface area (Å²) in [5.74, 6) is 0.970. The molecule has 6 heteroatoms. The van der Waals surface area contributed by atoms with Crippen LogP contribution in [0.2, 0.25) is 9.49 Å². The van der Waals surface area contributed by atoms with Crippen LogP contribution < -0.4 is 4.90 Å². The fourth-order valence-electron chi connectivity index (χ4n) is 3.10. The summed E-state index contributed by atoms with van der Waals surface area (Å²) in [5, 5.41) is 2.73. The topological polar surface area (TPSA) is 19.4 Å². The van der Waals surface area contributed by atoms with Crippen LogP contribution in [0.1, 0.15) is 4.88 Å². The molecule has 0 amide bonds. The molecule has 1 aliphatic heterocycles. The number of halogens is 2. The fraction of sp³-hybridized carbons (Fsp3) is 0.278. The molecule has 1 fully saturated rings. The second-order valence-electron chi connectivity index (χ2n) is 5.96. The fourth-order valence-corrected chi connectivity index (χ4v) is 4.49. The van der Waals surface area contributed by atoms with E-state index in [1.54, 1.807) is 11.3 Å². The molecule has 0 bridgehead atoms. The van der Waals surface area contributed by atoms with E-state index in [1.165, 1.54) is 4.88 Å². The van der Waals surface area contributed by atoms with Crippen molar-refractivity contribution in [2.75, 3.05) is 31.1 Å². The molecular formula is C18H17Cl2N3S. The summed E-state index contributed by atoms with van der Waals surface area (Å²) in [6.45, 7) is 4.92. The number of aromatic nitrogens is 1. The minimum Gasteiger partial charge on any atom is -0.354 e. The number of anilines is 1. The summed E-state index contributed by atoms with van der Waals surface area (Å²) in [7, 11) is 0. The molecule has 0 unspecified atom stereocenters. The van der Waals surface area contributed by atoms with Crippen LogP contribution in [0.25, 0.3) is 10.8 Å². The molecule has 0 spiro atoms. The molecule has 1 saturated heterocycles. The van der Waals surface area contributed by atoms with Crippen LogP contribution in [0.4, 0.5) is 5.82 Å². The van der Waals surface area contributed by atoms with E-state index in [1.807, 2.05) is 24.3 Å². The van der Waals surface area contributed by atoms with E-state index in [0.717, 1.165) is 53.7 Å². The van der Waals surface area contributed by atoms with Crippen LogP contribution in [-0.2, 0) is 6.54 Å². The van der Waals surface area contributed by atoms with E-state index in [9.17, 15) is 0 Å². The molecular weight excluding hydrogens is 361 g/mol. The van der Waals surface area contributed by atoms with Gasteiger partial charge in [-0.15, -0.1) is 11.3 Å². The summed E-state index contributed by atoms with van der Waals surface area (Å²) in [4.78, 5) is 10.7. The van der Waals surface area contributed by atoms with Crippen LogP contribution in [0.5, 0.6) is 0 Å². The Morgan fingerprint density at radius 1 is 1.00 bits per heavy atom. The van der Waals surface area contributed by atoms with Crippen molar-refractivity contribution < 1.29 is 0 Å². The van der Waals surface area contributed by atoms with E-state index < -0.39 is 0 Å². The van der Waals surface area contributed by atoms with Crippen LogP contribution in [0.15, 0.2) is 42.5 Å². The molecule has 0 N–H and O–H groups in total. The van der Waals surface area contributed by atoms with Gasteiger partial charge in [0.05, 0.1) is 4.34 Å². The van der Waals surface area contributed by atoms with Gasteiger partial charge in [0.25, 0.3) is 0 Å². The predicted octanol–water partition coefficient (Wildman–Crippen LogP) is 4.93. The Balaban J connectivity index is 1.45. The average molecular weight is 378 g/mol. The minimum atomic E-state index is 0.582. The van der Waals surface area contributed by atoms with E-state index in [-0.39, 0.29) is 0 Å². The second-order valence-corrected chi connectivity index (χ2v) is 8.12. The van der Waals surface area contributed by atoms with Gasteiger partial charge in [-0.1, -0.05) is 47.5 Å². The zero-order valence-corrected chi connectivity index (χ0v) is 15.4. The molecule has 3 heterocycles. The van der Waals surface area contributed by atoms with Gasteiger partial charge >= 0.3 is 0 Å². The number of thiophene rings is 1. The van der Waals surface area contributed by atoms with Gasteiger partial charge in [-0.25, -0.2) is 4.98 Å². The maximum absolute atomic E-state index is 6.36. The molecule has 0 aliphatic carbocycles. The number of fused-ring (bicyclic) bond motifs is 1. The van der Waals surface area contributed by atoms with Gasteiger partial charge < -0.3 is 4.90 Å². The van der Waals surface area contributed by atoms with Crippen LogP contribution in [0, 0.1) is 0 Å². The summed E-state index contributed by atoms with van der Waals surface area (Å²) in [6, 6.07) is 14.3. The highest BCUT2D eigenvalue weighted by Crippen LogP contribution is 2.27. The number of hydrogen-bond acceptors (Lipinski definition) is 4. The molecule has 24 heavy (non-hydrogen) atoms. The van der Waals surface area contributed by atoms with Crippen molar-refractivity contribution in [3.8, 4) is 0 Å². The van der Waals surface area contributed by atoms with Crippen molar-refractivity contribution in [2.24, 2.45) is 0 Å². The average Bonchev–Trinajstić information content (AvgIpc) is 3.00. The smallest absolute Gasteiger partial charge is 0.139 e. The van der Waals surface area contributed by atoms with E-state index in [4.69, 9.17) is 23.2 Å². The molecule has 1 aromatic carbocycles. The minimum absolute atomic E-state index is 0.582.